The van der Waals surface area contributed by atoms with Crippen LogP contribution in [0.2, 0.25) is 0 Å². The number of carbonyl (C=O) groups is 2. The molecule has 80 valence electrons. The fraction of sp³-hybridized carbons (Fsp3) is 0.111. The Morgan fingerprint density at radius 2 is 2.13 bits per heavy atom. The molecule has 0 unspecified atom stereocenters. The molecular weight excluding hydrogens is 203 g/mol. The largest absolute Gasteiger partial charge is 0.480 e. The van der Waals surface area contributed by atoms with Gasteiger partial charge in [-0.3, -0.25) is 9.59 Å². The van der Waals surface area contributed by atoms with Crippen LogP contribution in [0.4, 0.5) is 10.1 Å². The molecule has 0 radical (unpaired) electrons. The smallest absolute Gasteiger partial charge is 0.322 e. The van der Waals surface area contributed by atoms with Crippen molar-refractivity contribution < 1.29 is 19.1 Å². The molecule has 0 aliphatic rings. The highest BCUT2D eigenvalue weighted by molar-refractivity contribution is 5.98. The molecule has 0 fully saturated rings. The molecule has 0 saturated heterocycles. The molecule has 0 bridgehead atoms. The van der Waals surface area contributed by atoms with Gasteiger partial charge in [0.05, 0.1) is 5.56 Å². The van der Waals surface area contributed by atoms with Crippen LogP contribution in [-0.2, 0) is 4.79 Å². The van der Waals surface area contributed by atoms with Gasteiger partial charge in [-0.2, -0.15) is 0 Å². The van der Waals surface area contributed by atoms with Crippen LogP contribution in [0.25, 0.3) is 0 Å². The number of hydrogen-bond acceptors (Lipinski definition) is 3. The van der Waals surface area contributed by atoms with Gasteiger partial charge in [-0.15, -0.1) is 0 Å². The van der Waals surface area contributed by atoms with E-state index >= 15 is 0 Å². The maximum atomic E-state index is 12.8. The summed E-state index contributed by atoms with van der Waals surface area (Å²) in [5, 5.41) is 10.9. The minimum atomic E-state index is -1.09. The van der Waals surface area contributed by atoms with Gasteiger partial charge in [-0.25, -0.2) is 4.39 Å². The van der Waals surface area contributed by atoms with E-state index in [0.717, 1.165) is 12.1 Å². The highest BCUT2D eigenvalue weighted by atomic mass is 19.1. The third-order valence-corrected chi connectivity index (χ3v) is 1.68. The maximum Gasteiger partial charge on any atom is 0.322 e. The van der Waals surface area contributed by atoms with Crippen molar-refractivity contribution in [2.75, 3.05) is 11.9 Å². The number of carbonyl (C=O) groups excluding carboxylic acids is 1. The van der Waals surface area contributed by atoms with Crippen LogP contribution < -0.4 is 11.1 Å². The number of nitrogens with two attached hydrogens (primary N) is 1. The van der Waals surface area contributed by atoms with E-state index in [9.17, 15) is 14.0 Å². The molecule has 1 aromatic carbocycles. The van der Waals surface area contributed by atoms with Crippen LogP contribution in [0, 0.1) is 5.82 Å². The highest BCUT2D eigenvalue weighted by Crippen LogP contribution is 2.15. The van der Waals surface area contributed by atoms with Gasteiger partial charge in [-0.1, -0.05) is 0 Å². The molecule has 0 spiro atoms. The van der Waals surface area contributed by atoms with E-state index in [0.29, 0.717) is 0 Å². The summed E-state index contributed by atoms with van der Waals surface area (Å²) in [5.74, 6) is -2.51. The molecule has 1 aromatic rings. The Labute approximate surface area is 84.7 Å². The Bertz CT molecular complexity index is 406. The van der Waals surface area contributed by atoms with E-state index in [1.54, 1.807) is 0 Å². The number of carboxylic acids is 1. The molecule has 15 heavy (non-hydrogen) atoms. The molecule has 1 amide bonds. The molecule has 0 heterocycles. The molecule has 0 aliphatic carbocycles. The fourth-order valence-corrected chi connectivity index (χ4v) is 1.05. The molecule has 0 atom stereocenters. The standard InChI is InChI=1S/C9H9FN2O3/c10-5-1-2-7(12-4-8(13)14)6(3-5)9(11)15/h1-3,12H,4H2,(H2,11,15)(H,13,14). The number of primary amides is 1. The second-order valence-corrected chi connectivity index (χ2v) is 2.80. The van der Waals surface area contributed by atoms with Crippen molar-refractivity contribution in [2.24, 2.45) is 5.73 Å². The molecule has 5 nitrogen and oxygen atoms in total. The summed E-state index contributed by atoms with van der Waals surface area (Å²) in [5.41, 5.74) is 5.12. The van der Waals surface area contributed by atoms with Crippen molar-refractivity contribution in [1.82, 2.24) is 0 Å². The van der Waals surface area contributed by atoms with Crippen LogP contribution in [-0.4, -0.2) is 23.5 Å². The third-order valence-electron chi connectivity index (χ3n) is 1.68. The summed E-state index contributed by atoms with van der Waals surface area (Å²) in [7, 11) is 0. The van der Waals surface area contributed by atoms with Crippen LogP contribution in [0.15, 0.2) is 18.2 Å². The molecular formula is C9H9FN2O3. The average Bonchev–Trinajstić information content (AvgIpc) is 2.15. The number of halogens is 1. The number of hydrogen-bond donors (Lipinski definition) is 3. The van der Waals surface area contributed by atoms with Gasteiger partial charge >= 0.3 is 5.97 Å². The van der Waals surface area contributed by atoms with E-state index in [4.69, 9.17) is 10.8 Å². The summed E-state index contributed by atoms with van der Waals surface area (Å²) in [6, 6.07) is 3.32. The monoisotopic (exact) mass is 212 g/mol. The predicted octanol–water partition coefficient (Wildman–Crippen LogP) is 0.421. The third kappa shape index (κ3) is 2.94. The highest BCUT2D eigenvalue weighted by Gasteiger charge is 2.09. The first-order chi connectivity index (χ1) is 7.00. The van der Waals surface area contributed by atoms with Crippen molar-refractivity contribution >= 4 is 17.6 Å². The number of benzene rings is 1. The van der Waals surface area contributed by atoms with Gasteiger partial charge in [0.15, 0.2) is 0 Å². The number of anilines is 1. The van der Waals surface area contributed by atoms with Crippen LogP contribution in [0.1, 0.15) is 10.4 Å². The SMILES string of the molecule is NC(=O)c1cc(F)ccc1NCC(=O)O. The molecule has 6 heteroatoms. The zero-order valence-electron chi connectivity index (χ0n) is 7.66. The number of carboxylic acid groups (broad SMARTS) is 1. The van der Waals surface area contributed by atoms with E-state index in [2.05, 4.69) is 5.32 Å². The minimum Gasteiger partial charge on any atom is -0.480 e. The molecule has 0 aromatic heterocycles. The number of rotatable bonds is 4. The van der Waals surface area contributed by atoms with Crippen molar-refractivity contribution in [1.29, 1.82) is 0 Å². The molecule has 0 aliphatic heterocycles. The summed E-state index contributed by atoms with van der Waals surface area (Å²) in [6.45, 7) is -0.369. The summed E-state index contributed by atoms with van der Waals surface area (Å²) in [4.78, 5) is 21.2. The van der Waals surface area contributed by atoms with Crippen LogP contribution in [0.5, 0.6) is 0 Å². The van der Waals surface area contributed by atoms with Gasteiger partial charge < -0.3 is 16.2 Å². The second-order valence-electron chi connectivity index (χ2n) is 2.80. The second kappa shape index (κ2) is 4.41. The fourth-order valence-electron chi connectivity index (χ4n) is 1.05. The van der Waals surface area contributed by atoms with Crippen LogP contribution in [0.3, 0.4) is 0 Å². The zero-order chi connectivity index (χ0) is 11.4. The first kappa shape index (κ1) is 11.0. The predicted molar refractivity (Wildman–Crippen MR) is 51.0 cm³/mol. The topological polar surface area (TPSA) is 92.4 Å². The van der Waals surface area contributed by atoms with E-state index in [1.807, 2.05) is 0 Å². The lowest BCUT2D eigenvalue weighted by Gasteiger charge is -2.07. The van der Waals surface area contributed by atoms with E-state index < -0.39 is 17.7 Å². The molecule has 1 rings (SSSR count). The van der Waals surface area contributed by atoms with Gasteiger partial charge in [0.1, 0.15) is 12.4 Å². The Morgan fingerprint density at radius 1 is 1.47 bits per heavy atom. The summed E-state index contributed by atoms with van der Waals surface area (Å²) in [6.07, 6.45) is 0. The maximum absolute atomic E-state index is 12.8. The number of nitrogens with one attached hydrogen (secondary N) is 1. The first-order valence-corrected chi connectivity index (χ1v) is 4.05. The Hall–Kier alpha value is -2.11. The normalized spacial score (nSPS) is 9.67. The van der Waals surface area contributed by atoms with Gasteiger partial charge in [0.25, 0.3) is 5.91 Å². The average molecular weight is 212 g/mol. The van der Waals surface area contributed by atoms with Crippen molar-refractivity contribution in [2.45, 2.75) is 0 Å². The number of amides is 1. The lowest BCUT2D eigenvalue weighted by atomic mass is 10.1. The lowest BCUT2D eigenvalue weighted by molar-refractivity contribution is -0.134. The first-order valence-electron chi connectivity index (χ1n) is 4.05. The molecule has 0 saturated carbocycles. The Kier molecular flexibility index (Phi) is 3.22. The zero-order valence-corrected chi connectivity index (χ0v) is 7.66. The van der Waals surface area contributed by atoms with Gasteiger partial charge in [0, 0.05) is 5.69 Å². The molecule has 4 N–H and O–H groups in total. The Balaban J connectivity index is 2.95. The van der Waals surface area contributed by atoms with Crippen molar-refractivity contribution in [3.05, 3.63) is 29.6 Å². The van der Waals surface area contributed by atoms with E-state index in [-0.39, 0.29) is 17.8 Å². The van der Waals surface area contributed by atoms with Gasteiger partial charge in [-0.05, 0) is 18.2 Å². The quantitative estimate of drug-likeness (QED) is 0.674. The van der Waals surface area contributed by atoms with Crippen molar-refractivity contribution in [3.63, 3.8) is 0 Å². The van der Waals surface area contributed by atoms with E-state index in [1.165, 1.54) is 6.07 Å². The minimum absolute atomic E-state index is 0.0729. The van der Waals surface area contributed by atoms with Crippen molar-refractivity contribution in [3.8, 4) is 0 Å². The Morgan fingerprint density at radius 3 is 2.67 bits per heavy atom. The number of aliphatic carboxylic acids is 1. The van der Waals surface area contributed by atoms with Crippen LogP contribution >= 0.6 is 0 Å². The summed E-state index contributed by atoms with van der Waals surface area (Å²) >= 11 is 0. The lowest BCUT2D eigenvalue weighted by Crippen LogP contribution is -2.18. The van der Waals surface area contributed by atoms with Gasteiger partial charge in [0.2, 0.25) is 0 Å². The summed E-state index contributed by atoms with van der Waals surface area (Å²) < 4.78 is 12.8.